The van der Waals surface area contributed by atoms with Crippen LogP contribution in [0.15, 0.2) is 40.9 Å². The number of carbonyl (C=O) groups is 2. The lowest BCUT2D eigenvalue weighted by Gasteiger charge is -2.25. The first-order valence-corrected chi connectivity index (χ1v) is 8.36. The van der Waals surface area contributed by atoms with Gasteiger partial charge in [0.15, 0.2) is 0 Å². The van der Waals surface area contributed by atoms with E-state index in [2.05, 4.69) is 15.9 Å². The quantitative estimate of drug-likeness (QED) is 0.715. The third-order valence-electron chi connectivity index (χ3n) is 4.00. The fourth-order valence-corrected chi connectivity index (χ4v) is 3.27. The zero-order valence-corrected chi connectivity index (χ0v) is 15.3. The zero-order chi connectivity index (χ0) is 18.1. The van der Waals surface area contributed by atoms with Gasteiger partial charge in [-0.1, -0.05) is 15.9 Å². The molecule has 0 atom stereocenters. The maximum absolute atomic E-state index is 13.5. The Morgan fingerprint density at radius 1 is 1.20 bits per heavy atom. The number of fused-ring (bicyclic) bond motifs is 1. The number of nitrogens with zero attached hydrogens (tertiary/aromatic N) is 2. The van der Waals surface area contributed by atoms with E-state index in [0.717, 1.165) is 15.8 Å². The Morgan fingerprint density at radius 3 is 2.68 bits per heavy atom. The maximum Gasteiger partial charge on any atom is 0.300 e. The molecule has 0 bridgehead atoms. The number of ketones is 1. The van der Waals surface area contributed by atoms with Gasteiger partial charge in [-0.05, 0) is 43.4 Å². The molecule has 0 saturated carbocycles. The number of hydrogen-bond donors (Lipinski definition) is 0. The number of Topliss-reactive ketones (excluding diaryl/α,β-unsaturated/α-hetero) is 1. The van der Waals surface area contributed by atoms with Crippen LogP contribution in [-0.4, -0.2) is 37.4 Å². The topological polar surface area (TPSA) is 49.9 Å². The number of amides is 1. The van der Waals surface area contributed by atoms with Gasteiger partial charge in [0.1, 0.15) is 11.6 Å². The Bertz CT molecular complexity index is 856. The molecule has 2 aromatic rings. The second-order valence-corrected chi connectivity index (χ2v) is 6.75. The van der Waals surface area contributed by atoms with Crippen LogP contribution in [0.4, 0.5) is 10.1 Å². The van der Waals surface area contributed by atoms with Crippen molar-refractivity contribution >= 4 is 33.3 Å². The summed E-state index contributed by atoms with van der Waals surface area (Å²) in [6, 6.07) is 9.41. The average molecular weight is 407 g/mol. The van der Waals surface area contributed by atoms with E-state index in [-0.39, 0.29) is 12.2 Å². The van der Waals surface area contributed by atoms with E-state index in [1.807, 2.05) is 30.1 Å². The number of carbonyl (C=O) groups excluding carboxylic acids is 2. The van der Waals surface area contributed by atoms with Crippen LogP contribution in [-0.2, 0) is 11.3 Å². The van der Waals surface area contributed by atoms with Crippen molar-refractivity contribution in [3.63, 3.8) is 0 Å². The van der Waals surface area contributed by atoms with Crippen LogP contribution in [0.25, 0.3) is 0 Å². The van der Waals surface area contributed by atoms with Gasteiger partial charge in [-0.2, -0.15) is 0 Å². The first-order chi connectivity index (χ1) is 11.9. The first kappa shape index (κ1) is 17.6. The van der Waals surface area contributed by atoms with Gasteiger partial charge in [-0.15, -0.1) is 0 Å². The Kier molecular flexibility index (Phi) is 4.87. The number of hydrogen-bond acceptors (Lipinski definition) is 4. The van der Waals surface area contributed by atoms with Gasteiger partial charge in [0.05, 0.1) is 25.0 Å². The number of methoxy groups -OCH3 is 1. The van der Waals surface area contributed by atoms with Crippen LogP contribution >= 0.6 is 15.9 Å². The van der Waals surface area contributed by atoms with Crippen molar-refractivity contribution in [3.05, 3.63) is 57.8 Å². The van der Waals surface area contributed by atoms with Crippen molar-refractivity contribution in [2.45, 2.75) is 6.54 Å². The molecule has 0 unspecified atom stereocenters. The summed E-state index contributed by atoms with van der Waals surface area (Å²) in [7, 11) is 3.41. The van der Waals surface area contributed by atoms with Gasteiger partial charge in [0.25, 0.3) is 5.78 Å². The molecule has 3 rings (SSSR count). The average Bonchev–Trinajstić information content (AvgIpc) is 2.79. The van der Waals surface area contributed by atoms with Crippen LogP contribution in [0.5, 0.6) is 5.75 Å². The van der Waals surface area contributed by atoms with Crippen molar-refractivity contribution in [2.24, 2.45) is 0 Å². The summed E-state index contributed by atoms with van der Waals surface area (Å²) in [4.78, 5) is 27.4. The van der Waals surface area contributed by atoms with Crippen LogP contribution in [0, 0.1) is 5.82 Å². The highest BCUT2D eigenvalue weighted by Gasteiger charge is 2.36. The van der Waals surface area contributed by atoms with E-state index in [0.29, 0.717) is 12.2 Å². The van der Waals surface area contributed by atoms with Gasteiger partial charge in [-0.3, -0.25) is 19.4 Å². The van der Waals surface area contributed by atoms with Gasteiger partial charge in [0, 0.05) is 16.6 Å². The normalized spacial score (nSPS) is 13.6. The molecule has 25 heavy (non-hydrogen) atoms. The van der Waals surface area contributed by atoms with Crippen molar-refractivity contribution in [3.8, 4) is 5.75 Å². The summed E-state index contributed by atoms with van der Waals surface area (Å²) in [6.07, 6.45) is 0. The molecule has 1 aliphatic rings. The Balaban J connectivity index is 1.81. The minimum absolute atomic E-state index is 0.163. The fourth-order valence-electron chi connectivity index (χ4n) is 2.86. The summed E-state index contributed by atoms with van der Waals surface area (Å²) in [5.74, 6) is -1.01. The molecular weight excluding hydrogens is 391 g/mol. The second kappa shape index (κ2) is 6.93. The zero-order valence-electron chi connectivity index (χ0n) is 13.8. The van der Waals surface area contributed by atoms with Gasteiger partial charge < -0.3 is 4.74 Å². The highest BCUT2D eigenvalue weighted by molar-refractivity contribution is 9.10. The molecule has 5 nitrogen and oxygen atoms in total. The summed E-state index contributed by atoms with van der Waals surface area (Å²) < 4.78 is 19.8. The highest BCUT2D eigenvalue weighted by Crippen LogP contribution is 2.30. The molecule has 130 valence electrons. The lowest BCUT2D eigenvalue weighted by Crippen LogP contribution is -2.39. The van der Waals surface area contributed by atoms with Gasteiger partial charge in [-0.25, -0.2) is 4.39 Å². The van der Waals surface area contributed by atoms with Crippen LogP contribution < -0.4 is 9.64 Å². The van der Waals surface area contributed by atoms with E-state index in [4.69, 9.17) is 4.74 Å². The van der Waals surface area contributed by atoms with Crippen LogP contribution in [0.3, 0.4) is 0 Å². The number of halogens is 2. The Labute approximate surface area is 153 Å². The number of ether oxygens (including phenoxy) is 1. The van der Waals surface area contributed by atoms with Crippen LogP contribution in [0.1, 0.15) is 15.9 Å². The van der Waals surface area contributed by atoms with E-state index in [9.17, 15) is 14.0 Å². The highest BCUT2D eigenvalue weighted by atomic mass is 79.9. The van der Waals surface area contributed by atoms with Crippen molar-refractivity contribution < 1.29 is 18.7 Å². The first-order valence-electron chi connectivity index (χ1n) is 7.57. The largest absolute Gasteiger partial charge is 0.496 e. The monoisotopic (exact) mass is 406 g/mol. The summed E-state index contributed by atoms with van der Waals surface area (Å²) in [6.45, 7) is 0.655. The predicted octanol–water partition coefficient (Wildman–Crippen LogP) is 3.22. The third kappa shape index (κ3) is 3.43. The molecule has 7 heteroatoms. The molecule has 0 fully saturated rings. The molecule has 0 radical (unpaired) electrons. The lowest BCUT2D eigenvalue weighted by molar-refractivity contribution is -0.114. The standard InChI is InChI=1S/C18H16BrFN2O3/c1-21(9-11-7-12(19)3-6-16(11)25-2)10-22-15-8-13(20)4-5-14(15)17(23)18(22)24/h3-8H,9-10H2,1-2H3. The van der Waals surface area contributed by atoms with Gasteiger partial charge in [0.2, 0.25) is 0 Å². The van der Waals surface area contributed by atoms with Crippen molar-refractivity contribution in [2.75, 3.05) is 25.7 Å². The summed E-state index contributed by atoms with van der Waals surface area (Å²) >= 11 is 3.43. The molecule has 0 spiro atoms. The van der Waals surface area contributed by atoms with E-state index in [1.54, 1.807) is 7.11 Å². The van der Waals surface area contributed by atoms with E-state index in [1.165, 1.54) is 23.1 Å². The number of benzene rings is 2. The number of anilines is 1. The molecule has 2 aromatic carbocycles. The Hall–Kier alpha value is -2.25. The number of rotatable bonds is 5. The van der Waals surface area contributed by atoms with Crippen molar-refractivity contribution in [1.29, 1.82) is 0 Å². The summed E-state index contributed by atoms with van der Waals surface area (Å²) in [5, 5.41) is 0. The molecule has 1 aliphatic heterocycles. The van der Waals surface area contributed by atoms with E-state index >= 15 is 0 Å². The molecule has 0 aliphatic carbocycles. The molecule has 0 saturated heterocycles. The van der Waals surface area contributed by atoms with Crippen molar-refractivity contribution in [1.82, 2.24) is 4.90 Å². The third-order valence-corrected chi connectivity index (χ3v) is 4.49. The fraction of sp³-hybridized carbons (Fsp3) is 0.222. The molecule has 0 N–H and O–H groups in total. The SMILES string of the molecule is COc1ccc(Br)cc1CN(C)CN1C(=O)C(=O)c2ccc(F)cc21. The van der Waals surface area contributed by atoms with Crippen LogP contribution in [0.2, 0.25) is 0 Å². The second-order valence-electron chi connectivity index (χ2n) is 5.84. The molecule has 1 amide bonds. The lowest BCUT2D eigenvalue weighted by atomic mass is 10.1. The predicted molar refractivity (Wildman–Crippen MR) is 95.2 cm³/mol. The maximum atomic E-state index is 13.5. The smallest absolute Gasteiger partial charge is 0.300 e. The van der Waals surface area contributed by atoms with E-state index < -0.39 is 17.5 Å². The van der Waals surface area contributed by atoms with Gasteiger partial charge >= 0.3 is 5.91 Å². The minimum atomic E-state index is -0.645. The Morgan fingerprint density at radius 2 is 1.96 bits per heavy atom. The molecule has 0 aromatic heterocycles. The molecule has 1 heterocycles. The summed E-state index contributed by atoms with van der Waals surface area (Å²) in [5.41, 5.74) is 1.47. The minimum Gasteiger partial charge on any atom is -0.496 e. The molecular formula is C18H16BrFN2O3.